The highest BCUT2D eigenvalue weighted by atomic mass is 32.1. The Kier molecular flexibility index (Phi) is 3.38. The van der Waals surface area contributed by atoms with Gasteiger partial charge in [-0.25, -0.2) is 0 Å². The van der Waals surface area contributed by atoms with Gasteiger partial charge in [-0.05, 0) is 36.4 Å². The van der Waals surface area contributed by atoms with Crippen molar-refractivity contribution in [1.29, 1.82) is 0 Å². The SMILES string of the molecule is Cc1cc(-c2nc([C@@H]3CCO[C@H]3C(C)(C)C)no2)ns1. The summed E-state index contributed by atoms with van der Waals surface area (Å²) >= 11 is 1.44. The van der Waals surface area contributed by atoms with Crippen molar-refractivity contribution < 1.29 is 9.26 Å². The number of hydrogen-bond acceptors (Lipinski definition) is 6. The van der Waals surface area contributed by atoms with Crippen molar-refractivity contribution in [3.8, 4) is 11.6 Å². The van der Waals surface area contributed by atoms with Crippen LogP contribution in [0.5, 0.6) is 0 Å². The lowest BCUT2D eigenvalue weighted by Gasteiger charge is -2.29. The summed E-state index contributed by atoms with van der Waals surface area (Å²) in [6, 6.07) is 1.97. The van der Waals surface area contributed by atoms with Crippen LogP contribution in [0.4, 0.5) is 0 Å². The fourth-order valence-electron chi connectivity index (χ4n) is 2.66. The van der Waals surface area contributed by atoms with Gasteiger partial charge in [-0.3, -0.25) is 0 Å². The summed E-state index contributed by atoms with van der Waals surface area (Å²) < 4.78 is 15.5. The van der Waals surface area contributed by atoms with E-state index in [1.54, 1.807) is 0 Å². The Morgan fingerprint density at radius 2 is 2.15 bits per heavy atom. The summed E-state index contributed by atoms with van der Waals surface area (Å²) in [6.07, 6.45) is 1.07. The molecule has 2 atom stereocenters. The molecule has 1 fully saturated rings. The molecular formula is C14H19N3O2S. The van der Waals surface area contributed by atoms with Crippen molar-refractivity contribution in [3.05, 3.63) is 16.8 Å². The topological polar surface area (TPSA) is 61.0 Å². The van der Waals surface area contributed by atoms with Gasteiger partial charge in [-0.1, -0.05) is 25.9 Å². The van der Waals surface area contributed by atoms with Crippen LogP contribution in [0, 0.1) is 12.3 Å². The van der Waals surface area contributed by atoms with Crippen LogP contribution in [-0.4, -0.2) is 27.2 Å². The number of hydrogen-bond donors (Lipinski definition) is 0. The third-order valence-electron chi connectivity index (χ3n) is 3.57. The van der Waals surface area contributed by atoms with E-state index in [4.69, 9.17) is 9.26 Å². The summed E-state index contributed by atoms with van der Waals surface area (Å²) in [5, 5.41) is 4.15. The van der Waals surface area contributed by atoms with Gasteiger partial charge in [0.15, 0.2) is 5.82 Å². The third kappa shape index (κ3) is 2.50. The molecule has 0 spiro atoms. The lowest BCUT2D eigenvalue weighted by Crippen LogP contribution is -2.30. The number of nitrogens with zero attached hydrogens (tertiary/aromatic N) is 3. The summed E-state index contributed by atoms with van der Waals surface area (Å²) in [4.78, 5) is 5.66. The van der Waals surface area contributed by atoms with Crippen molar-refractivity contribution in [3.63, 3.8) is 0 Å². The second-order valence-electron chi connectivity index (χ2n) is 6.33. The van der Waals surface area contributed by atoms with Crippen molar-refractivity contribution in [2.24, 2.45) is 5.41 Å². The first-order valence-electron chi connectivity index (χ1n) is 6.84. The molecule has 20 heavy (non-hydrogen) atoms. The van der Waals surface area contributed by atoms with Gasteiger partial charge in [0.05, 0.1) is 12.0 Å². The molecule has 2 aromatic rings. The highest BCUT2D eigenvalue weighted by Crippen LogP contribution is 2.40. The van der Waals surface area contributed by atoms with E-state index in [-0.39, 0.29) is 17.4 Å². The molecule has 6 heteroatoms. The number of ether oxygens (including phenoxy) is 1. The molecule has 5 nitrogen and oxygen atoms in total. The Morgan fingerprint density at radius 3 is 2.80 bits per heavy atom. The molecule has 0 radical (unpaired) electrons. The maximum Gasteiger partial charge on any atom is 0.277 e. The molecule has 1 aliphatic rings. The van der Waals surface area contributed by atoms with Gasteiger partial charge >= 0.3 is 0 Å². The molecule has 0 unspecified atom stereocenters. The lowest BCUT2D eigenvalue weighted by atomic mass is 9.81. The van der Waals surface area contributed by atoms with Crippen LogP contribution in [-0.2, 0) is 4.74 Å². The van der Waals surface area contributed by atoms with Gasteiger partial charge in [-0.2, -0.15) is 9.36 Å². The van der Waals surface area contributed by atoms with Gasteiger partial charge in [-0.15, -0.1) is 0 Å². The van der Waals surface area contributed by atoms with E-state index in [0.29, 0.717) is 5.89 Å². The smallest absolute Gasteiger partial charge is 0.277 e. The van der Waals surface area contributed by atoms with Crippen LogP contribution < -0.4 is 0 Å². The summed E-state index contributed by atoms with van der Waals surface area (Å²) in [7, 11) is 0. The van der Waals surface area contributed by atoms with E-state index in [0.717, 1.165) is 29.4 Å². The maximum absolute atomic E-state index is 5.87. The average molecular weight is 293 g/mol. The summed E-state index contributed by atoms with van der Waals surface area (Å²) in [5.74, 6) is 1.44. The number of aryl methyl sites for hydroxylation is 1. The largest absolute Gasteiger partial charge is 0.377 e. The van der Waals surface area contributed by atoms with E-state index in [2.05, 4.69) is 35.3 Å². The molecule has 0 bridgehead atoms. The Labute approximate surface area is 122 Å². The summed E-state index contributed by atoms with van der Waals surface area (Å²) in [6.45, 7) is 9.31. The first kappa shape index (κ1) is 13.7. The van der Waals surface area contributed by atoms with Gasteiger partial charge in [0, 0.05) is 11.5 Å². The lowest BCUT2D eigenvalue weighted by molar-refractivity contribution is 0.0193. The second-order valence-corrected chi connectivity index (χ2v) is 7.34. The molecule has 0 N–H and O–H groups in total. The predicted molar refractivity (Wildman–Crippen MR) is 76.7 cm³/mol. The molecule has 108 valence electrons. The summed E-state index contributed by atoms with van der Waals surface area (Å²) in [5.41, 5.74) is 0.830. The van der Waals surface area contributed by atoms with Crippen LogP contribution >= 0.6 is 11.5 Å². The molecule has 1 saturated heterocycles. The predicted octanol–water partition coefficient (Wildman–Crippen LogP) is 3.42. The first-order valence-corrected chi connectivity index (χ1v) is 7.61. The normalized spacial score (nSPS) is 23.4. The van der Waals surface area contributed by atoms with Gasteiger partial charge in [0.2, 0.25) is 0 Å². The zero-order valence-electron chi connectivity index (χ0n) is 12.2. The molecule has 0 aromatic carbocycles. The van der Waals surface area contributed by atoms with Crippen molar-refractivity contribution >= 4 is 11.5 Å². The Morgan fingerprint density at radius 1 is 1.35 bits per heavy atom. The Bertz CT molecular complexity index is 600. The molecule has 1 aliphatic heterocycles. The van der Waals surface area contributed by atoms with E-state index in [1.807, 2.05) is 13.0 Å². The quantitative estimate of drug-likeness (QED) is 0.849. The average Bonchev–Trinajstić information content (AvgIpc) is 3.06. The molecule has 0 aliphatic carbocycles. The van der Waals surface area contributed by atoms with E-state index in [9.17, 15) is 0 Å². The second kappa shape index (κ2) is 4.93. The van der Waals surface area contributed by atoms with Crippen LogP contribution in [0.15, 0.2) is 10.6 Å². The van der Waals surface area contributed by atoms with Crippen molar-refractivity contribution in [2.45, 2.75) is 46.1 Å². The fraction of sp³-hybridized carbons (Fsp3) is 0.643. The number of aromatic nitrogens is 3. The molecule has 3 heterocycles. The molecule has 0 saturated carbocycles. The van der Waals surface area contributed by atoms with Crippen LogP contribution in [0.25, 0.3) is 11.6 Å². The van der Waals surface area contributed by atoms with Crippen LogP contribution in [0.2, 0.25) is 0 Å². The van der Waals surface area contributed by atoms with E-state index >= 15 is 0 Å². The maximum atomic E-state index is 5.87. The van der Waals surface area contributed by atoms with Gasteiger partial charge in [0.1, 0.15) is 5.69 Å². The van der Waals surface area contributed by atoms with Crippen LogP contribution in [0.1, 0.15) is 43.8 Å². The molecule has 0 amide bonds. The van der Waals surface area contributed by atoms with Crippen molar-refractivity contribution in [1.82, 2.24) is 14.5 Å². The van der Waals surface area contributed by atoms with Crippen LogP contribution in [0.3, 0.4) is 0 Å². The Balaban J connectivity index is 1.86. The standard InChI is InChI=1S/C14H19N3O2S/c1-8-7-10(17-20-8)13-15-12(16-19-13)9-5-6-18-11(9)14(2,3)4/h7,9,11H,5-6H2,1-4H3/t9-,11-/m1/s1. The number of rotatable bonds is 2. The first-order chi connectivity index (χ1) is 9.45. The van der Waals surface area contributed by atoms with E-state index < -0.39 is 0 Å². The van der Waals surface area contributed by atoms with E-state index in [1.165, 1.54) is 11.5 Å². The monoisotopic (exact) mass is 293 g/mol. The molecule has 2 aromatic heterocycles. The zero-order chi connectivity index (χ0) is 14.3. The minimum absolute atomic E-state index is 0.0686. The third-order valence-corrected chi connectivity index (χ3v) is 4.26. The van der Waals surface area contributed by atoms with Gasteiger partial charge < -0.3 is 9.26 Å². The Hall–Kier alpha value is -1.27. The fourth-order valence-corrected chi connectivity index (χ4v) is 3.20. The molecular weight excluding hydrogens is 274 g/mol. The minimum atomic E-state index is 0.0686. The molecule has 3 rings (SSSR count). The van der Waals surface area contributed by atoms with Gasteiger partial charge in [0.25, 0.3) is 5.89 Å². The minimum Gasteiger partial charge on any atom is -0.377 e. The highest BCUT2D eigenvalue weighted by molar-refractivity contribution is 7.05. The highest BCUT2D eigenvalue weighted by Gasteiger charge is 2.40. The zero-order valence-corrected chi connectivity index (χ0v) is 13.0. The van der Waals surface area contributed by atoms with Crippen molar-refractivity contribution in [2.75, 3.05) is 6.61 Å².